The number of nitrogens with zero attached hydrogens (tertiary/aromatic N) is 1. The van der Waals surface area contributed by atoms with Gasteiger partial charge in [-0.15, -0.1) is 0 Å². The van der Waals surface area contributed by atoms with E-state index in [-0.39, 0.29) is 30.6 Å². The third kappa shape index (κ3) is 6.21. The smallest absolute Gasteiger partial charge is 0.242 e. The SMILES string of the molecule is CCCNC(=O)C(C)N(Cc1ccc(F)cc1)C(=O)Cc1ccc(Cl)cc1Cl. The van der Waals surface area contributed by atoms with Crippen molar-refractivity contribution in [2.45, 2.75) is 39.3 Å². The summed E-state index contributed by atoms with van der Waals surface area (Å²) in [6, 6.07) is 10.1. The minimum atomic E-state index is -0.685. The van der Waals surface area contributed by atoms with Crippen molar-refractivity contribution >= 4 is 35.0 Å². The second-order valence-electron chi connectivity index (χ2n) is 6.53. The van der Waals surface area contributed by atoms with Gasteiger partial charge in [-0.1, -0.05) is 48.3 Å². The Kier molecular flexibility index (Phi) is 8.27. The average Bonchev–Trinajstić information content (AvgIpc) is 2.67. The zero-order valence-corrected chi connectivity index (χ0v) is 17.4. The lowest BCUT2D eigenvalue weighted by Crippen LogP contribution is -2.48. The number of rotatable bonds is 8. The Balaban J connectivity index is 2.23. The lowest BCUT2D eigenvalue weighted by Gasteiger charge is -2.29. The van der Waals surface area contributed by atoms with Crippen molar-refractivity contribution in [1.82, 2.24) is 10.2 Å². The van der Waals surface area contributed by atoms with Crippen LogP contribution in [0.5, 0.6) is 0 Å². The number of benzene rings is 2. The Hall–Kier alpha value is -2.11. The molecular formula is C21H23Cl2FN2O2. The molecule has 0 aliphatic carbocycles. The van der Waals surface area contributed by atoms with Gasteiger partial charge in [0.1, 0.15) is 11.9 Å². The van der Waals surface area contributed by atoms with Crippen LogP contribution in [-0.2, 0) is 22.6 Å². The molecule has 0 aromatic heterocycles. The molecule has 28 heavy (non-hydrogen) atoms. The maximum absolute atomic E-state index is 13.2. The molecule has 2 rings (SSSR count). The van der Waals surface area contributed by atoms with Crippen LogP contribution < -0.4 is 5.32 Å². The number of halogens is 3. The van der Waals surface area contributed by atoms with E-state index in [9.17, 15) is 14.0 Å². The Bertz CT molecular complexity index is 828. The number of hydrogen-bond donors (Lipinski definition) is 1. The molecule has 0 fully saturated rings. The summed E-state index contributed by atoms with van der Waals surface area (Å²) in [6.07, 6.45) is 0.827. The monoisotopic (exact) mass is 424 g/mol. The van der Waals surface area contributed by atoms with Gasteiger partial charge < -0.3 is 10.2 Å². The maximum Gasteiger partial charge on any atom is 0.242 e. The van der Waals surface area contributed by atoms with Gasteiger partial charge in [-0.2, -0.15) is 0 Å². The topological polar surface area (TPSA) is 49.4 Å². The van der Waals surface area contributed by atoms with E-state index in [0.717, 1.165) is 12.0 Å². The largest absolute Gasteiger partial charge is 0.354 e. The van der Waals surface area contributed by atoms with Gasteiger partial charge in [0.2, 0.25) is 11.8 Å². The molecule has 0 aliphatic rings. The third-order valence-electron chi connectivity index (χ3n) is 4.34. The Morgan fingerprint density at radius 1 is 1.14 bits per heavy atom. The summed E-state index contributed by atoms with van der Waals surface area (Å²) in [5.41, 5.74) is 1.36. The zero-order chi connectivity index (χ0) is 20.7. The average molecular weight is 425 g/mol. The third-order valence-corrected chi connectivity index (χ3v) is 4.93. The van der Waals surface area contributed by atoms with Crippen LogP contribution in [0.25, 0.3) is 0 Å². The fourth-order valence-electron chi connectivity index (χ4n) is 2.69. The van der Waals surface area contributed by atoms with Gasteiger partial charge in [0, 0.05) is 23.1 Å². The highest BCUT2D eigenvalue weighted by Crippen LogP contribution is 2.22. The van der Waals surface area contributed by atoms with Crippen molar-refractivity contribution in [2.75, 3.05) is 6.54 Å². The molecule has 0 radical (unpaired) electrons. The van der Waals surface area contributed by atoms with Gasteiger partial charge in [-0.05, 0) is 48.7 Å². The van der Waals surface area contributed by atoms with Gasteiger partial charge in [-0.3, -0.25) is 9.59 Å². The molecule has 1 N–H and O–H groups in total. The van der Waals surface area contributed by atoms with E-state index in [4.69, 9.17) is 23.2 Å². The Labute approximate surface area is 174 Å². The molecule has 2 amide bonds. The number of nitrogens with one attached hydrogen (secondary N) is 1. The number of amides is 2. The van der Waals surface area contributed by atoms with Crippen LogP contribution in [-0.4, -0.2) is 29.3 Å². The number of carbonyl (C=O) groups excluding carboxylic acids is 2. The molecule has 0 heterocycles. The standard InChI is InChI=1S/C21H23Cl2FN2O2/c1-3-10-25-21(28)14(2)26(13-15-4-8-18(24)9-5-15)20(27)11-16-6-7-17(22)12-19(16)23/h4-9,12,14H,3,10-11,13H2,1-2H3,(H,25,28). The van der Waals surface area contributed by atoms with Crippen LogP contribution >= 0.6 is 23.2 Å². The summed E-state index contributed by atoms with van der Waals surface area (Å²) in [5, 5.41) is 3.69. The summed E-state index contributed by atoms with van der Waals surface area (Å²) in [6.45, 7) is 4.35. The predicted octanol–water partition coefficient (Wildman–Crippen LogP) is 4.62. The van der Waals surface area contributed by atoms with Crippen molar-refractivity contribution < 1.29 is 14.0 Å². The molecule has 0 bridgehead atoms. The molecule has 1 atom stereocenters. The highest BCUT2D eigenvalue weighted by Gasteiger charge is 2.26. The second kappa shape index (κ2) is 10.4. The van der Waals surface area contributed by atoms with Crippen LogP contribution in [0.2, 0.25) is 10.0 Å². The minimum Gasteiger partial charge on any atom is -0.354 e. The van der Waals surface area contributed by atoms with Crippen LogP contribution in [0.4, 0.5) is 4.39 Å². The first kappa shape index (κ1) is 22.2. The van der Waals surface area contributed by atoms with Gasteiger partial charge >= 0.3 is 0 Å². The lowest BCUT2D eigenvalue weighted by atomic mass is 10.1. The summed E-state index contributed by atoms with van der Waals surface area (Å²) in [7, 11) is 0. The van der Waals surface area contributed by atoms with Crippen molar-refractivity contribution in [2.24, 2.45) is 0 Å². The van der Waals surface area contributed by atoms with Crippen molar-refractivity contribution in [3.8, 4) is 0 Å². The Morgan fingerprint density at radius 3 is 2.43 bits per heavy atom. The van der Waals surface area contributed by atoms with E-state index in [0.29, 0.717) is 22.2 Å². The molecule has 2 aromatic rings. The fraction of sp³-hybridized carbons (Fsp3) is 0.333. The molecule has 0 spiro atoms. The van der Waals surface area contributed by atoms with E-state index in [1.807, 2.05) is 6.92 Å². The fourth-order valence-corrected chi connectivity index (χ4v) is 3.17. The van der Waals surface area contributed by atoms with E-state index in [2.05, 4.69) is 5.32 Å². The van der Waals surface area contributed by atoms with Gasteiger partial charge in [0.25, 0.3) is 0 Å². The van der Waals surface area contributed by atoms with E-state index in [1.165, 1.54) is 17.0 Å². The van der Waals surface area contributed by atoms with Crippen molar-refractivity contribution in [3.63, 3.8) is 0 Å². The Morgan fingerprint density at radius 2 is 1.82 bits per heavy atom. The molecular weight excluding hydrogens is 402 g/mol. The van der Waals surface area contributed by atoms with Crippen molar-refractivity contribution in [3.05, 3.63) is 69.5 Å². The van der Waals surface area contributed by atoms with E-state index >= 15 is 0 Å². The molecule has 7 heteroatoms. The highest BCUT2D eigenvalue weighted by molar-refractivity contribution is 6.35. The van der Waals surface area contributed by atoms with Gasteiger partial charge in [0.15, 0.2) is 0 Å². The van der Waals surface area contributed by atoms with E-state index in [1.54, 1.807) is 37.3 Å². The maximum atomic E-state index is 13.2. The molecule has 4 nitrogen and oxygen atoms in total. The molecule has 0 saturated carbocycles. The van der Waals surface area contributed by atoms with Crippen molar-refractivity contribution in [1.29, 1.82) is 0 Å². The molecule has 150 valence electrons. The minimum absolute atomic E-state index is 0.0304. The predicted molar refractivity (Wildman–Crippen MR) is 110 cm³/mol. The molecule has 0 saturated heterocycles. The van der Waals surface area contributed by atoms with Crippen LogP contribution in [0.1, 0.15) is 31.4 Å². The van der Waals surface area contributed by atoms with Gasteiger partial charge in [-0.25, -0.2) is 4.39 Å². The quantitative estimate of drug-likeness (QED) is 0.671. The lowest BCUT2D eigenvalue weighted by molar-refractivity contribution is -0.140. The van der Waals surface area contributed by atoms with Crippen LogP contribution in [0.3, 0.4) is 0 Å². The number of carbonyl (C=O) groups is 2. The first-order valence-corrected chi connectivity index (χ1v) is 9.83. The zero-order valence-electron chi connectivity index (χ0n) is 15.8. The van der Waals surface area contributed by atoms with Crippen LogP contribution in [0.15, 0.2) is 42.5 Å². The normalized spacial score (nSPS) is 11.8. The molecule has 1 unspecified atom stereocenters. The number of hydrogen-bond acceptors (Lipinski definition) is 2. The summed E-state index contributed by atoms with van der Waals surface area (Å²) >= 11 is 12.1. The summed E-state index contributed by atoms with van der Waals surface area (Å²) < 4.78 is 13.2. The first-order chi connectivity index (χ1) is 13.3. The van der Waals surface area contributed by atoms with E-state index < -0.39 is 6.04 Å². The highest BCUT2D eigenvalue weighted by atomic mass is 35.5. The van der Waals surface area contributed by atoms with Crippen LogP contribution in [0, 0.1) is 5.82 Å². The summed E-state index contributed by atoms with van der Waals surface area (Å²) in [5.74, 6) is -0.851. The molecule has 2 aromatic carbocycles. The molecule has 0 aliphatic heterocycles. The second-order valence-corrected chi connectivity index (χ2v) is 7.37. The first-order valence-electron chi connectivity index (χ1n) is 9.07. The summed E-state index contributed by atoms with van der Waals surface area (Å²) in [4.78, 5) is 26.9. The van der Waals surface area contributed by atoms with Gasteiger partial charge in [0.05, 0.1) is 6.42 Å².